The summed E-state index contributed by atoms with van der Waals surface area (Å²) in [4.78, 5) is 84.0. The first-order chi connectivity index (χ1) is 27.2. The maximum atomic E-state index is 14.7. The van der Waals surface area contributed by atoms with Gasteiger partial charge in [0.25, 0.3) is 0 Å². The molecule has 0 bridgehead atoms. The van der Waals surface area contributed by atoms with Gasteiger partial charge in [-0.2, -0.15) is 0 Å². The topological polar surface area (TPSA) is 194 Å². The molecule has 15 heteroatoms. The number of carbonyl (C=O) groups excluding carboxylic acids is 4. The predicted molar refractivity (Wildman–Crippen MR) is 207 cm³/mol. The number of aromatic hydroxyl groups is 1. The van der Waals surface area contributed by atoms with Crippen molar-refractivity contribution in [2.75, 3.05) is 28.8 Å². The Morgan fingerprint density at radius 2 is 1.44 bits per heavy atom. The van der Waals surface area contributed by atoms with E-state index in [1.165, 1.54) is 25.1 Å². The highest BCUT2D eigenvalue weighted by Gasteiger charge is 2.68. The fourth-order valence-corrected chi connectivity index (χ4v) is 9.49. The van der Waals surface area contributed by atoms with Crippen LogP contribution < -0.4 is 19.4 Å². The molecule has 290 valence electrons. The van der Waals surface area contributed by atoms with Crippen LogP contribution in [0.15, 0.2) is 103 Å². The molecule has 2 aliphatic carbocycles. The first kappa shape index (κ1) is 37.0. The Kier molecular flexibility index (Phi) is 8.90. The highest BCUT2D eigenvalue weighted by Crippen LogP contribution is 2.64. The number of phenolic OH excluding ortho intramolecular Hbond substituents is 1. The zero-order valence-electron chi connectivity index (χ0n) is 31.1. The monoisotopic (exact) mass is 771 g/mol. The lowest BCUT2D eigenvalue weighted by molar-refractivity contribution is -0.392. The highest BCUT2D eigenvalue weighted by atomic mass is 16.6. The Hall–Kier alpha value is -6.90. The second-order valence-corrected chi connectivity index (χ2v) is 15.2. The summed E-state index contributed by atoms with van der Waals surface area (Å²) in [5.74, 6) is -6.91. The highest BCUT2D eigenvalue weighted by molar-refractivity contribution is 6.25. The third kappa shape index (κ3) is 5.71. The van der Waals surface area contributed by atoms with E-state index in [0.717, 1.165) is 27.5 Å². The lowest BCUT2D eigenvalue weighted by atomic mass is 9.51. The molecule has 1 saturated carbocycles. The van der Waals surface area contributed by atoms with Gasteiger partial charge in [-0.3, -0.25) is 39.4 Å². The first-order valence-corrected chi connectivity index (χ1v) is 18.4. The van der Waals surface area contributed by atoms with Gasteiger partial charge in [-0.15, -0.1) is 0 Å². The molecule has 0 spiro atoms. The van der Waals surface area contributed by atoms with Crippen LogP contribution >= 0.6 is 0 Å². The number of nitrogens with zero attached hydrogens (tertiary/aromatic N) is 5. The van der Waals surface area contributed by atoms with Crippen molar-refractivity contribution in [1.82, 2.24) is 0 Å². The normalized spacial score (nSPS) is 25.1. The first-order valence-electron chi connectivity index (χ1n) is 18.4. The molecular weight excluding hydrogens is 734 g/mol. The van der Waals surface area contributed by atoms with Crippen molar-refractivity contribution in [3.05, 3.63) is 134 Å². The number of ether oxygens (including phenoxy) is 1. The molecule has 3 fully saturated rings. The van der Waals surface area contributed by atoms with E-state index in [-0.39, 0.29) is 36.6 Å². The van der Waals surface area contributed by atoms with Crippen molar-refractivity contribution in [1.29, 1.82) is 0 Å². The van der Waals surface area contributed by atoms with Gasteiger partial charge in [-0.1, -0.05) is 66.2 Å². The number of amides is 4. The minimum Gasteiger partial charge on any atom is -0.508 e. The lowest BCUT2D eigenvalue weighted by Crippen LogP contribution is -2.48. The summed E-state index contributed by atoms with van der Waals surface area (Å²) in [5, 5.41) is 36.1. The molecule has 2 heterocycles. The lowest BCUT2D eigenvalue weighted by Gasteiger charge is -2.49. The van der Waals surface area contributed by atoms with Gasteiger partial charge in [0.2, 0.25) is 23.6 Å². The molecule has 4 amide bonds. The van der Waals surface area contributed by atoms with Crippen LogP contribution in [0.5, 0.6) is 11.5 Å². The Labute approximate surface area is 326 Å². The predicted octanol–water partition coefficient (Wildman–Crippen LogP) is 6.29. The average molecular weight is 772 g/mol. The molecule has 8 rings (SSSR count). The number of allylic oxidation sites excluding steroid dienone is 2. The summed E-state index contributed by atoms with van der Waals surface area (Å²) in [5.41, 5.74) is -1.15. The zero-order chi connectivity index (χ0) is 40.5. The SMILES string of the molecule is CN(C)c1c([N+](=O)[O-])cc(N2C(=O)C3CC=C4C(CC5C(=O)N(c6ccccc6)C(=O)C5(C)C4c4ccc(OCc5ccccc5)cc4O)C3C2=O)cc1[N+](=O)[O-]. The summed E-state index contributed by atoms with van der Waals surface area (Å²) < 4.78 is 5.97. The van der Waals surface area contributed by atoms with Crippen molar-refractivity contribution in [2.24, 2.45) is 29.1 Å². The second kappa shape index (κ2) is 13.7. The Bertz CT molecular complexity index is 2380. The smallest absolute Gasteiger partial charge is 0.301 e. The Balaban J connectivity index is 1.22. The minimum absolute atomic E-state index is 0.0136. The van der Waals surface area contributed by atoms with E-state index in [0.29, 0.717) is 22.6 Å². The second-order valence-electron chi connectivity index (χ2n) is 15.2. The molecule has 57 heavy (non-hydrogen) atoms. The summed E-state index contributed by atoms with van der Waals surface area (Å²) in [7, 11) is 2.82. The third-order valence-electron chi connectivity index (χ3n) is 12.0. The minimum atomic E-state index is -1.43. The number of hydrogen-bond acceptors (Lipinski definition) is 11. The standard InChI is InChI=1S/C42H37N5O10/c1-42-31(39(50)45(41(42)52)24-12-8-5-9-13-24)21-30-27(36(42)28-15-14-26(20-34(28)48)57-22-23-10-6-4-7-11-23)16-17-29-35(30)40(51)44(38(29)49)25-18-32(46(53)54)37(43(2)3)33(19-25)47(55)56/h4-16,18-20,29-31,35-36,48H,17,21-22H2,1-3H3. The average Bonchev–Trinajstić information content (AvgIpc) is 3.56. The number of fused-ring (bicyclic) bond motifs is 4. The Morgan fingerprint density at radius 1 is 0.807 bits per heavy atom. The zero-order valence-corrected chi connectivity index (χ0v) is 31.1. The van der Waals surface area contributed by atoms with Gasteiger partial charge < -0.3 is 14.7 Å². The number of phenols is 1. The number of rotatable bonds is 9. The maximum absolute atomic E-state index is 14.7. The fraction of sp³-hybridized carbons (Fsp3) is 0.286. The molecule has 2 aliphatic heterocycles. The van der Waals surface area contributed by atoms with Gasteiger partial charge in [0, 0.05) is 43.8 Å². The Morgan fingerprint density at radius 3 is 2.04 bits per heavy atom. The summed E-state index contributed by atoms with van der Waals surface area (Å²) in [6.07, 6.45) is 1.85. The molecule has 1 N–H and O–H groups in total. The van der Waals surface area contributed by atoms with Crippen molar-refractivity contribution < 1.29 is 38.9 Å². The van der Waals surface area contributed by atoms with Crippen LogP contribution in [0, 0.1) is 49.3 Å². The van der Waals surface area contributed by atoms with Gasteiger partial charge in [0.05, 0.1) is 44.4 Å². The molecule has 2 saturated heterocycles. The van der Waals surface area contributed by atoms with Crippen LogP contribution in [0.3, 0.4) is 0 Å². The van der Waals surface area contributed by atoms with Crippen molar-refractivity contribution in [3.63, 3.8) is 0 Å². The van der Waals surface area contributed by atoms with Gasteiger partial charge in [-0.25, -0.2) is 9.80 Å². The number of anilines is 3. The van der Waals surface area contributed by atoms with Crippen LogP contribution in [0.1, 0.15) is 36.8 Å². The molecule has 4 aliphatic rings. The molecule has 6 atom stereocenters. The summed E-state index contributed by atoms with van der Waals surface area (Å²) in [6, 6.07) is 24.7. The van der Waals surface area contributed by atoms with Crippen LogP contribution in [-0.4, -0.2) is 52.7 Å². The number of imide groups is 2. The maximum Gasteiger partial charge on any atom is 0.301 e. The van der Waals surface area contributed by atoms with Crippen LogP contribution in [-0.2, 0) is 25.8 Å². The fourth-order valence-electron chi connectivity index (χ4n) is 9.49. The van der Waals surface area contributed by atoms with Crippen molar-refractivity contribution >= 4 is 52.1 Å². The molecule has 4 aromatic rings. The van der Waals surface area contributed by atoms with Gasteiger partial charge >= 0.3 is 11.4 Å². The van der Waals surface area contributed by atoms with E-state index in [1.807, 2.05) is 30.3 Å². The van der Waals surface area contributed by atoms with Crippen LogP contribution in [0.4, 0.5) is 28.4 Å². The molecule has 0 aromatic heterocycles. The largest absolute Gasteiger partial charge is 0.508 e. The summed E-state index contributed by atoms with van der Waals surface area (Å²) in [6.45, 7) is 1.93. The van der Waals surface area contributed by atoms with Crippen LogP contribution in [0.25, 0.3) is 0 Å². The van der Waals surface area contributed by atoms with Gasteiger partial charge in [-0.05, 0) is 49.4 Å². The van der Waals surface area contributed by atoms with Gasteiger partial charge in [0.1, 0.15) is 18.1 Å². The number of carbonyl (C=O) groups is 4. The van der Waals surface area contributed by atoms with E-state index < -0.39 is 79.9 Å². The number of benzene rings is 4. The van der Waals surface area contributed by atoms with E-state index in [4.69, 9.17) is 4.74 Å². The molecular formula is C42H37N5O10. The van der Waals surface area contributed by atoms with E-state index in [1.54, 1.807) is 55.5 Å². The number of para-hydroxylation sites is 1. The van der Waals surface area contributed by atoms with E-state index >= 15 is 0 Å². The van der Waals surface area contributed by atoms with Gasteiger partial charge in [0.15, 0.2) is 5.69 Å². The molecule has 15 nitrogen and oxygen atoms in total. The van der Waals surface area contributed by atoms with Crippen molar-refractivity contribution in [2.45, 2.75) is 32.3 Å². The third-order valence-corrected chi connectivity index (χ3v) is 12.0. The quantitative estimate of drug-likeness (QED) is 0.0870. The molecule has 0 radical (unpaired) electrons. The molecule has 4 aromatic carbocycles. The van der Waals surface area contributed by atoms with E-state index in [9.17, 15) is 44.5 Å². The van der Waals surface area contributed by atoms with E-state index in [2.05, 4.69) is 0 Å². The van der Waals surface area contributed by atoms with Crippen LogP contribution in [0.2, 0.25) is 0 Å². The van der Waals surface area contributed by atoms with Crippen molar-refractivity contribution in [3.8, 4) is 11.5 Å². The number of hydrogen-bond donors (Lipinski definition) is 1. The number of nitro groups is 2. The number of nitro benzene ring substituents is 2. The summed E-state index contributed by atoms with van der Waals surface area (Å²) >= 11 is 0. The molecule has 6 unspecified atom stereocenters.